The van der Waals surface area contributed by atoms with E-state index < -0.39 is 0 Å². The topological polar surface area (TPSA) is 0 Å². The molecule has 0 aromatic rings. The molecule has 0 amide bonds. The van der Waals surface area contributed by atoms with E-state index in [0.29, 0.717) is 5.41 Å². The summed E-state index contributed by atoms with van der Waals surface area (Å²) in [5.74, 6) is 0. The molecule has 1 unspecified atom stereocenters. The molecular formula is C12H26N+. The first-order valence-corrected chi connectivity index (χ1v) is 5.70. The highest BCUT2D eigenvalue weighted by molar-refractivity contribution is 4.76. The normalized spacial score (nSPS) is 32.5. The van der Waals surface area contributed by atoms with Crippen LogP contribution in [0.4, 0.5) is 0 Å². The number of quaternary nitrogens is 1. The first kappa shape index (κ1) is 11.0. The lowest BCUT2D eigenvalue weighted by Gasteiger charge is -2.38. The number of hydrogen-bond donors (Lipinski definition) is 0. The van der Waals surface area contributed by atoms with E-state index >= 15 is 0 Å². The second-order valence-corrected chi connectivity index (χ2v) is 6.04. The van der Waals surface area contributed by atoms with E-state index in [4.69, 9.17) is 0 Å². The standard InChI is InChI=1S/C12H26N/c1-6-11-10-12(2,3)8-7-9-13(11,4)5/h11H,6-10H2,1-5H3/q+1. The Morgan fingerprint density at radius 1 is 1.31 bits per heavy atom. The van der Waals surface area contributed by atoms with Gasteiger partial charge in [0.25, 0.3) is 0 Å². The largest absolute Gasteiger partial charge is 0.326 e. The molecule has 13 heavy (non-hydrogen) atoms. The van der Waals surface area contributed by atoms with E-state index in [1.165, 1.54) is 36.7 Å². The van der Waals surface area contributed by atoms with Gasteiger partial charge in [0.15, 0.2) is 0 Å². The monoisotopic (exact) mass is 184 g/mol. The summed E-state index contributed by atoms with van der Waals surface area (Å²) in [4.78, 5) is 0. The van der Waals surface area contributed by atoms with E-state index in [2.05, 4.69) is 34.9 Å². The SMILES string of the molecule is CCC1CC(C)(C)CCC[N+]1(C)C. The maximum absolute atomic E-state index is 2.43. The third kappa shape index (κ3) is 2.70. The highest BCUT2D eigenvalue weighted by atomic mass is 15.3. The summed E-state index contributed by atoms with van der Waals surface area (Å²) in [5.41, 5.74) is 0.576. The summed E-state index contributed by atoms with van der Waals surface area (Å²) in [7, 11) is 4.80. The van der Waals surface area contributed by atoms with Crippen molar-refractivity contribution in [1.82, 2.24) is 0 Å². The molecule has 1 aliphatic rings. The van der Waals surface area contributed by atoms with Gasteiger partial charge in [0.05, 0.1) is 26.7 Å². The average molecular weight is 184 g/mol. The van der Waals surface area contributed by atoms with Crippen LogP contribution in [-0.2, 0) is 0 Å². The molecule has 1 atom stereocenters. The van der Waals surface area contributed by atoms with E-state index in [0.717, 1.165) is 6.04 Å². The zero-order valence-corrected chi connectivity index (χ0v) is 10.1. The quantitative estimate of drug-likeness (QED) is 0.549. The van der Waals surface area contributed by atoms with Gasteiger partial charge >= 0.3 is 0 Å². The van der Waals surface area contributed by atoms with Crippen molar-refractivity contribution in [3.05, 3.63) is 0 Å². The number of rotatable bonds is 1. The molecule has 1 heterocycles. The zero-order valence-electron chi connectivity index (χ0n) is 10.1. The molecule has 1 rings (SSSR count). The van der Waals surface area contributed by atoms with Gasteiger partial charge in [0.2, 0.25) is 0 Å². The molecule has 0 saturated carbocycles. The molecule has 0 aliphatic carbocycles. The number of nitrogens with zero attached hydrogens (tertiary/aromatic N) is 1. The summed E-state index contributed by atoms with van der Waals surface area (Å²) in [5, 5.41) is 0. The van der Waals surface area contributed by atoms with Gasteiger partial charge in [0.1, 0.15) is 0 Å². The molecule has 78 valence electrons. The maximum atomic E-state index is 2.43. The minimum absolute atomic E-state index is 0.576. The smallest absolute Gasteiger partial charge is 0.0888 e. The van der Waals surface area contributed by atoms with Crippen molar-refractivity contribution in [2.45, 2.75) is 52.5 Å². The Morgan fingerprint density at radius 3 is 2.46 bits per heavy atom. The minimum atomic E-state index is 0.576. The zero-order chi connectivity index (χ0) is 10.1. The maximum Gasteiger partial charge on any atom is 0.0888 e. The summed E-state index contributed by atoms with van der Waals surface area (Å²) in [6.07, 6.45) is 5.54. The predicted molar refractivity (Wildman–Crippen MR) is 58.7 cm³/mol. The van der Waals surface area contributed by atoms with Gasteiger partial charge in [-0.15, -0.1) is 0 Å². The van der Waals surface area contributed by atoms with Crippen LogP contribution >= 0.6 is 0 Å². The molecule has 1 aliphatic heterocycles. The fraction of sp³-hybridized carbons (Fsp3) is 1.00. The third-order valence-electron chi connectivity index (χ3n) is 3.84. The van der Waals surface area contributed by atoms with Gasteiger partial charge in [-0.2, -0.15) is 0 Å². The number of hydrogen-bond acceptors (Lipinski definition) is 0. The van der Waals surface area contributed by atoms with E-state index in [1.54, 1.807) is 0 Å². The van der Waals surface area contributed by atoms with Crippen LogP contribution in [0, 0.1) is 5.41 Å². The van der Waals surface area contributed by atoms with Crippen molar-refractivity contribution in [3.63, 3.8) is 0 Å². The summed E-state index contributed by atoms with van der Waals surface area (Å²) < 4.78 is 1.24. The molecule has 0 spiro atoms. The highest BCUT2D eigenvalue weighted by Gasteiger charge is 2.35. The van der Waals surface area contributed by atoms with Crippen molar-refractivity contribution >= 4 is 0 Å². The van der Waals surface area contributed by atoms with Crippen LogP contribution in [0.3, 0.4) is 0 Å². The third-order valence-corrected chi connectivity index (χ3v) is 3.84. The van der Waals surface area contributed by atoms with E-state index in [-0.39, 0.29) is 0 Å². The van der Waals surface area contributed by atoms with Gasteiger partial charge in [0, 0.05) is 6.42 Å². The first-order chi connectivity index (χ1) is 5.87. The lowest BCUT2D eigenvalue weighted by Crippen LogP contribution is -2.48. The average Bonchev–Trinajstić information content (AvgIpc) is 2.07. The van der Waals surface area contributed by atoms with Crippen LogP contribution in [-0.4, -0.2) is 31.2 Å². The molecule has 0 radical (unpaired) electrons. The lowest BCUT2D eigenvalue weighted by molar-refractivity contribution is -0.914. The van der Waals surface area contributed by atoms with E-state index in [1.807, 2.05) is 0 Å². The molecule has 1 saturated heterocycles. The molecule has 1 fully saturated rings. The predicted octanol–water partition coefficient (Wildman–Crippen LogP) is 3.05. The Balaban J connectivity index is 2.74. The van der Waals surface area contributed by atoms with Crippen molar-refractivity contribution in [3.8, 4) is 0 Å². The Morgan fingerprint density at radius 2 is 1.92 bits per heavy atom. The van der Waals surface area contributed by atoms with Crippen molar-refractivity contribution in [1.29, 1.82) is 0 Å². The fourth-order valence-corrected chi connectivity index (χ4v) is 2.77. The van der Waals surface area contributed by atoms with Gasteiger partial charge in [-0.05, 0) is 24.7 Å². The molecular weight excluding hydrogens is 158 g/mol. The Kier molecular flexibility index (Phi) is 3.06. The molecule has 0 aromatic heterocycles. The van der Waals surface area contributed by atoms with E-state index in [9.17, 15) is 0 Å². The van der Waals surface area contributed by atoms with Gasteiger partial charge < -0.3 is 4.48 Å². The molecule has 0 N–H and O–H groups in total. The Labute approximate surface area is 83.7 Å². The lowest BCUT2D eigenvalue weighted by atomic mass is 9.82. The van der Waals surface area contributed by atoms with Crippen LogP contribution in [0.15, 0.2) is 0 Å². The van der Waals surface area contributed by atoms with Gasteiger partial charge in [-0.25, -0.2) is 0 Å². The summed E-state index contributed by atoms with van der Waals surface area (Å²) in [6, 6.07) is 0.873. The van der Waals surface area contributed by atoms with Crippen molar-refractivity contribution in [2.24, 2.45) is 5.41 Å². The van der Waals surface area contributed by atoms with Crippen LogP contribution < -0.4 is 0 Å². The minimum Gasteiger partial charge on any atom is -0.326 e. The Hall–Kier alpha value is -0.0400. The molecule has 1 heteroatoms. The van der Waals surface area contributed by atoms with Crippen LogP contribution in [0.1, 0.15) is 46.5 Å². The summed E-state index contributed by atoms with van der Waals surface area (Å²) in [6.45, 7) is 8.57. The second-order valence-electron chi connectivity index (χ2n) is 6.04. The van der Waals surface area contributed by atoms with Crippen molar-refractivity contribution < 1.29 is 4.48 Å². The first-order valence-electron chi connectivity index (χ1n) is 5.70. The van der Waals surface area contributed by atoms with Crippen LogP contribution in [0.5, 0.6) is 0 Å². The Bertz CT molecular complexity index is 170. The molecule has 0 bridgehead atoms. The molecule has 0 aromatic carbocycles. The number of likely N-dealkylation sites (tertiary alicyclic amines) is 1. The highest BCUT2D eigenvalue weighted by Crippen LogP contribution is 2.36. The van der Waals surface area contributed by atoms with Crippen molar-refractivity contribution in [2.75, 3.05) is 20.6 Å². The molecule has 1 nitrogen and oxygen atoms in total. The van der Waals surface area contributed by atoms with Gasteiger partial charge in [-0.1, -0.05) is 20.8 Å². The summed E-state index contributed by atoms with van der Waals surface area (Å²) >= 11 is 0. The van der Waals surface area contributed by atoms with Gasteiger partial charge in [-0.3, -0.25) is 0 Å². The van der Waals surface area contributed by atoms with Crippen LogP contribution in [0.25, 0.3) is 0 Å². The van der Waals surface area contributed by atoms with Crippen LogP contribution in [0.2, 0.25) is 0 Å². The second kappa shape index (κ2) is 3.61. The fourth-order valence-electron chi connectivity index (χ4n) is 2.77.